The molecule has 0 bridgehead atoms. The number of rotatable bonds is 5. The zero-order valence-electron chi connectivity index (χ0n) is 20.5. The summed E-state index contributed by atoms with van der Waals surface area (Å²) in [5, 5.41) is 15.2. The molecule has 1 aromatic rings. The third-order valence-electron chi connectivity index (χ3n) is 8.29. The van der Waals surface area contributed by atoms with Gasteiger partial charge in [0.1, 0.15) is 0 Å². The molecule has 10 heteroatoms. The van der Waals surface area contributed by atoms with E-state index in [1.807, 2.05) is 13.8 Å². The highest BCUT2D eigenvalue weighted by atomic mass is 19.4. The topological polar surface area (TPSA) is 84.7 Å². The summed E-state index contributed by atoms with van der Waals surface area (Å²) < 4.78 is 45.8. The number of nitro groups is 1. The van der Waals surface area contributed by atoms with Gasteiger partial charge in [-0.1, -0.05) is 20.8 Å². The number of benzene rings is 1. The summed E-state index contributed by atoms with van der Waals surface area (Å²) in [4.78, 5) is 26.2. The molecule has 1 saturated carbocycles. The molecule has 1 saturated heterocycles. The fraction of sp³-hybridized carbons (Fsp3) is 0.720. The molecule has 1 N–H and O–H groups in total. The highest BCUT2D eigenvalue weighted by molar-refractivity contribution is 5.84. The van der Waals surface area contributed by atoms with Crippen LogP contribution in [0.4, 0.5) is 18.9 Å². The third-order valence-corrected chi connectivity index (χ3v) is 8.29. The minimum Gasteiger partial charge on any atom is -0.381 e. The number of carbonyl (C=O) groups is 1. The first-order valence-electron chi connectivity index (χ1n) is 12.4. The first-order valence-corrected chi connectivity index (χ1v) is 12.4. The van der Waals surface area contributed by atoms with Crippen molar-refractivity contribution in [2.45, 2.75) is 77.7 Å². The minimum atomic E-state index is -4.70. The van der Waals surface area contributed by atoms with Gasteiger partial charge >= 0.3 is 6.18 Å². The van der Waals surface area contributed by atoms with Crippen molar-refractivity contribution in [2.75, 3.05) is 19.8 Å². The van der Waals surface area contributed by atoms with E-state index in [0.717, 1.165) is 32.1 Å². The normalized spacial score (nSPS) is 29.3. The molecule has 1 aromatic carbocycles. The van der Waals surface area contributed by atoms with E-state index in [1.165, 1.54) is 0 Å². The Morgan fingerprint density at radius 2 is 2.06 bits per heavy atom. The first kappa shape index (κ1) is 25.9. The molecule has 1 amide bonds. The van der Waals surface area contributed by atoms with Crippen LogP contribution >= 0.6 is 0 Å². The number of amides is 1. The first-order chi connectivity index (χ1) is 16.4. The highest BCUT2D eigenvalue weighted by Gasteiger charge is 2.50. The molecule has 3 aliphatic rings. The van der Waals surface area contributed by atoms with Gasteiger partial charge in [-0.2, -0.15) is 13.2 Å². The van der Waals surface area contributed by atoms with Gasteiger partial charge in [0, 0.05) is 43.4 Å². The molecule has 4 rings (SSSR count). The molecule has 2 heterocycles. The van der Waals surface area contributed by atoms with Gasteiger partial charge in [-0.25, -0.2) is 0 Å². The fourth-order valence-electron chi connectivity index (χ4n) is 6.11. The monoisotopic (exact) mass is 497 g/mol. The van der Waals surface area contributed by atoms with E-state index in [1.54, 1.807) is 4.90 Å². The molecule has 194 valence electrons. The van der Waals surface area contributed by atoms with E-state index in [0.29, 0.717) is 36.4 Å². The molecule has 0 radical (unpaired) electrons. The Balaban J connectivity index is 1.55. The van der Waals surface area contributed by atoms with Crippen LogP contribution in [-0.4, -0.2) is 47.6 Å². The molecule has 7 nitrogen and oxygen atoms in total. The maximum atomic E-state index is 13.9. The van der Waals surface area contributed by atoms with Crippen molar-refractivity contribution in [3.05, 3.63) is 38.9 Å². The molecule has 1 aliphatic carbocycles. The van der Waals surface area contributed by atoms with Crippen molar-refractivity contribution in [3.8, 4) is 0 Å². The molecular weight excluding hydrogens is 463 g/mol. The van der Waals surface area contributed by atoms with Gasteiger partial charge in [-0.15, -0.1) is 0 Å². The average molecular weight is 498 g/mol. The number of nitrogens with zero attached hydrogens (tertiary/aromatic N) is 2. The lowest BCUT2D eigenvalue weighted by Crippen LogP contribution is -2.49. The number of fused-ring (bicyclic) bond motifs is 1. The molecular formula is C25H34F3N3O4. The van der Waals surface area contributed by atoms with Crippen molar-refractivity contribution < 1.29 is 27.6 Å². The number of alkyl halides is 3. The number of hydrogen-bond acceptors (Lipinski definition) is 5. The molecule has 0 spiro atoms. The number of hydrogen-bond donors (Lipinski definition) is 1. The molecule has 4 atom stereocenters. The van der Waals surface area contributed by atoms with Crippen molar-refractivity contribution in [2.24, 2.45) is 17.3 Å². The number of nitrogens with one attached hydrogen (secondary N) is 1. The average Bonchev–Trinajstić information content (AvgIpc) is 3.23. The van der Waals surface area contributed by atoms with Crippen LogP contribution in [0.5, 0.6) is 0 Å². The Bertz CT molecular complexity index is 983. The predicted molar refractivity (Wildman–Crippen MR) is 124 cm³/mol. The summed E-state index contributed by atoms with van der Waals surface area (Å²) in [5.41, 5.74) is -1.65. The zero-order valence-corrected chi connectivity index (χ0v) is 20.5. The van der Waals surface area contributed by atoms with E-state index in [2.05, 4.69) is 12.2 Å². The number of carbonyl (C=O) groups excluding carboxylic acids is 1. The van der Waals surface area contributed by atoms with Crippen LogP contribution in [0, 0.1) is 27.4 Å². The van der Waals surface area contributed by atoms with E-state index >= 15 is 0 Å². The Morgan fingerprint density at radius 1 is 1.31 bits per heavy atom. The van der Waals surface area contributed by atoms with E-state index in [4.69, 9.17) is 4.74 Å². The maximum Gasteiger partial charge on any atom is 0.416 e. The second-order valence-electron chi connectivity index (χ2n) is 10.7. The Labute approximate surface area is 203 Å². The lowest BCUT2D eigenvalue weighted by atomic mass is 9.73. The molecule has 2 aliphatic heterocycles. The third kappa shape index (κ3) is 5.05. The second kappa shape index (κ2) is 9.69. The minimum absolute atomic E-state index is 0.0392. The van der Waals surface area contributed by atoms with Crippen LogP contribution in [0.15, 0.2) is 12.1 Å². The smallest absolute Gasteiger partial charge is 0.381 e. The summed E-state index contributed by atoms with van der Waals surface area (Å²) in [5.74, 6) is 0.402. The largest absolute Gasteiger partial charge is 0.416 e. The van der Waals surface area contributed by atoms with Gasteiger partial charge in [0.25, 0.3) is 5.69 Å². The lowest BCUT2D eigenvalue weighted by Gasteiger charge is -2.40. The van der Waals surface area contributed by atoms with Crippen molar-refractivity contribution in [1.29, 1.82) is 0 Å². The lowest BCUT2D eigenvalue weighted by molar-refractivity contribution is -0.385. The summed E-state index contributed by atoms with van der Waals surface area (Å²) in [6.07, 6.45) is -1.34. The van der Waals surface area contributed by atoms with E-state index in [9.17, 15) is 28.1 Å². The Hall–Kier alpha value is -2.20. The van der Waals surface area contributed by atoms with Crippen LogP contribution in [0.25, 0.3) is 0 Å². The van der Waals surface area contributed by atoms with Gasteiger partial charge in [0.15, 0.2) is 0 Å². The molecule has 35 heavy (non-hydrogen) atoms. The van der Waals surface area contributed by atoms with Crippen LogP contribution in [-0.2, 0) is 28.7 Å². The van der Waals surface area contributed by atoms with Crippen molar-refractivity contribution in [1.82, 2.24) is 10.2 Å². The van der Waals surface area contributed by atoms with Gasteiger partial charge in [-0.05, 0) is 55.6 Å². The highest BCUT2D eigenvalue weighted by Crippen LogP contribution is 2.47. The van der Waals surface area contributed by atoms with Crippen molar-refractivity contribution in [3.63, 3.8) is 0 Å². The van der Waals surface area contributed by atoms with Crippen LogP contribution in [0.2, 0.25) is 0 Å². The van der Waals surface area contributed by atoms with Crippen LogP contribution in [0.1, 0.15) is 63.1 Å². The summed E-state index contributed by atoms with van der Waals surface area (Å²) in [7, 11) is 0. The van der Waals surface area contributed by atoms with Gasteiger partial charge in [-0.3, -0.25) is 14.9 Å². The SMILES string of the molecule is CC1COCCC1N[C@@H]1CC[C@@](C(=O)N2CCc3c(cc(C(F)(F)F)cc3[N+](=O)[O-])C2)(C(C)C)C1. The van der Waals surface area contributed by atoms with Gasteiger partial charge < -0.3 is 15.0 Å². The zero-order chi connectivity index (χ0) is 25.5. The van der Waals surface area contributed by atoms with Crippen LogP contribution < -0.4 is 5.32 Å². The van der Waals surface area contributed by atoms with Crippen molar-refractivity contribution >= 4 is 11.6 Å². The number of ether oxygens (including phenoxy) is 1. The molecule has 2 unspecified atom stereocenters. The summed E-state index contributed by atoms with van der Waals surface area (Å²) >= 11 is 0. The summed E-state index contributed by atoms with van der Waals surface area (Å²) in [6.45, 7) is 7.89. The quantitative estimate of drug-likeness (QED) is 0.471. The molecule has 0 aromatic heterocycles. The van der Waals surface area contributed by atoms with E-state index in [-0.39, 0.29) is 42.9 Å². The molecule has 2 fully saturated rings. The Kier molecular flexibility index (Phi) is 7.16. The van der Waals surface area contributed by atoms with Gasteiger partial charge in [0.2, 0.25) is 5.91 Å². The second-order valence-corrected chi connectivity index (χ2v) is 10.7. The van der Waals surface area contributed by atoms with E-state index < -0.39 is 27.8 Å². The standard InChI is InChI=1S/C25H34F3N3O4/c1-15(2)24(7-4-19(12-24)29-21-6-9-35-14-16(21)3)23(32)30-8-5-20-17(13-30)10-18(25(26,27)28)11-22(20)31(33)34/h10-11,15-16,19,21,29H,4-9,12-14H2,1-3H3/t16?,19-,21?,24+/m1/s1. The Morgan fingerprint density at radius 3 is 2.69 bits per heavy atom. The summed E-state index contributed by atoms with van der Waals surface area (Å²) in [6, 6.07) is 2.11. The number of halogens is 3. The predicted octanol–water partition coefficient (Wildman–Crippen LogP) is 4.71. The maximum absolute atomic E-state index is 13.9. The fourth-order valence-corrected chi connectivity index (χ4v) is 6.11. The van der Waals surface area contributed by atoms with Gasteiger partial charge in [0.05, 0.1) is 22.5 Å². The number of nitro benzene ring substituents is 1. The van der Waals surface area contributed by atoms with Crippen LogP contribution in [0.3, 0.4) is 0 Å².